The van der Waals surface area contributed by atoms with E-state index in [-0.39, 0.29) is 33.0 Å². The van der Waals surface area contributed by atoms with Gasteiger partial charge in [0.2, 0.25) is 0 Å². The minimum atomic E-state index is -4.15. The number of amides is 2. The second-order valence-electron chi connectivity index (χ2n) is 5.33. The molecule has 0 bridgehead atoms. The minimum absolute atomic E-state index is 0.0648. The van der Waals surface area contributed by atoms with Gasteiger partial charge >= 0.3 is 21.4 Å². The summed E-state index contributed by atoms with van der Waals surface area (Å²) in [6.45, 7) is 6.32. The molecule has 2 N–H and O–H groups in total. The van der Waals surface area contributed by atoms with Crippen molar-refractivity contribution in [1.82, 2.24) is 10.0 Å². The van der Waals surface area contributed by atoms with Crippen LogP contribution in [-0.2, 0) is 28.2 Å². The Morgan fingerprint density at radius 2 is 1.50 bits per heavy atom. The molecule has 0 aliphatic carbocycles. The van der Waals surface area contributed by atoms with Crippen LogP contribution in [0.4, 0.5) is 9.59 Å². The highest BCUT2D eigenvalue weighted by Gasteiger charge is 2.15. The Balaban J connectivity index is 3.40. The largest absolute Gasteiger partial charge is 0.446 e. The van der Waals surface area contributed by atoms with E-state index in [0.29, 0.717) is 6.54 Å². The molecule has 0 radical (unpaired) electrons. The van der Waals surface area contributed by atoms with Gasteiger partial charge in [-0.15, -0.1) is 0 Å². The van der Waals surface area contributed by atoms with Crippen molar-refractivity contribution in [2.75, 3.05) is 39.6 Å². The third-order valence-electron chi connectivity index (χ3n) is 1.95. The third kappa shape index (κ3) is 17.1. The summed E-state index contributed by atoms with van der Waals surface area (Å²) in [4.78, 5) is 22.2. The average molecular weight is 391 g/mol. The van der Waals surface area contributed by atoms with E-state index >= 15 is 0 Å². The number of nitrogens with one attached hydrogen (secondary N) is 2. The number of carbonyl (C=O) groups is 2. The molecule has 0 spiro atoms. The molecule has 0 aromatic heterocycles. The van der Waals surface area contributed by atoms with Gasteiger partial charge in [0.1, 0.15) is 12.2 Å². The lowest BCUT2D eigenvalue weighted by atomic mass is 10.2. The smallest absolute Gasteiger partial charge is 0.421 e. The zero-order chi connectivity index (χ0) is 18.6. The Hall–Kier alpha value is -1.30. The van der Waals surface area contributed by atoms with Crippen LogP contribution in [0.2, 0.25) is 0 Å². The summed E-state index contributed by atoms with van der Waals surface area (Å²) in [5.74, 6) is 0. The fourth-order valence-corrected chi connectivity index (χ4v) is 1.63. The van der Waals surface area contributed by atoms with Crippen LogP contribution in [0.3, 0.4) is 0 Å². The molecule has 0 aliphatic heterocycles. The highest BCUT2D eigenvalue weighted by atomic mass is 35.7. The maximum atomic E-state index is 11.3. The first-order chi connectivity index (χ1) is 11.0. The molecule has 0 rings (SSSR count). The molecule has 0 saturated heterocycles. The fourth-order valence-electron chi connectivity index (χ4n) is 1.18. The second-order valence-corrected chi connectivity index (χ2v) is 7.63. The Labute approximate surface area is 145 Å². The van der Waals surface area contributed by atoms with Crippen LogP contribution in [0, 0.1) is 0 Å². The van der Waals surface area contributed by atoms with Gasteiger partial charge in [-0.1, -0.05) is 0 Å². The molecule has 142 valence electrons. The molecule has 0 fully saturated rings. The average Bonchev–Trinajstić information content (AvgIpc) is 2.36. The second kappa shape index (κ2) is 11.3. The van der Waals surface area contributed by atoms with Crippen molar-refractivity contribution in [2.45, 2.75) is 26.4 Å². The van der Waals surface area contributed by atoms with Gasteiger partial charge in [-0.05, 0) is 20.8 Å². The first-order valence-electron chi connectivity index (χ1n) is 7.01. The molecule has 12 heteroatoms. The summed E-state index contributed by atoms with van der Waals surface area (Å²) in [7, 11) is 0.628. The Kier molecular flexibility index (Phi) is 10.7. The van der Waals surface area contributed by atoms with E-state index in [0.717, 1.165) is 0 Å². The van der Waals surface area contributed by atoms with Crippen molar-refractivity contribution in [3.05, 3.63) is 0 Å². The molecule has 0 aromatic carbocycles. The zero-order valence-corrected chi connectivity index (χ0v) is 15.4. The van der Waals surface area contributed by atoms with Crippen LogP contribution < -0.4 is 10.0 Å². The van der Waals surface area contributed by atoms with Crippen molar-refractivity contribution >= 4 is 32.1 Å². The van der Waals surface area contributed by atoms with Crippen molar-refractivity contribution in [2.24, 2.45) is 0 Å². The van der Waals surface area contributed by atoms with Crippen LogP contribution >= 0.6 is 10.7 Å². The SMILES string of the molecule is CC(C)(C)OC(=O)NCCOCCOCCOC(=O)NS(=O)(=O)Cl. The molecular weight excluding hydrogens is 368 g/mol. The molecule has 0 unspecified atom stereocenters. The Morgan fingerprint density at radius 3 is 2.04 bits per heavy atom. The number of halogens is 1. The standard InChI is InChI=1S/C12H23ClN2O8S/c1-12(2,3)23-10(16)14-4-5-20-6-7-21-8-9-22-11(17)15-24(13,18)19/h4-9H2,1-3H3,(H,14,16)(H,15,17). The normalized spacial score (nSPS) is 11.7. The Bertz CT molecular complexity index is 492. The van der Waals surface area contributed by atoms with Gasteiger partial charge in [0.25, 0.3) is 0 Å². The molecule has 10 nitrogen and oxygen atoms in total. The predicted molar refractivity (Wildman–Crippen MR) is 85.1 cm³/mol. The third-order valence-corrected chi connectivity index (χ3v) is 2.59. The van der Waals surface area contributed by atoms with E-state index in [1.54, 1.807) is 20.8 Å². The van der Waals surface area contributed by atoms with E-state index in [4.69, 9.17) is 24.9 Å². The van der Waals surface area contributed by atoms with E-state index in [1.807, 2.05) is 0 Å². The molecule has 0 atom stereocenters. The fraction of sp³-hybridized carbons (Fsp3) is 0.833. The van der Waals surface area contributed by atoms with Gasteiger partial charge in [-0.3, -0.25) is 0 Å². The number of alkyl carbamates (subject to hydrolysis) is 1. The maximum absolute atomic E-state index is 11.3. The van der Waals surface area contributed by atoms with Gasteiger partial charge < -0.3 is 24.3 Å². The van der Waals surface area contributed by atoms with Crippen LogP contribution in [-0.4, -0.2) is 65.8 Å². The monoisotopic (exact) mass is 390 g/mol. The molecule has 0 saturated carbocycles. The summed E-state index contributed by atoms with van der Waals surface area (Å²) >= 11 is 0. The predicted octanol–water partition coefficient (Wildman–Crippen LogP) is 0.754. The highest BCUT2D eigenvalue weighted by molar-refractivity contribution is 8.12. The summed E-state index contributed by atoms with van der Waals surface area (Å²) in [6.07, 6.45) is -1.70. The van der Waals surface area contributed by atoms with Crippen molar-refractivity contribution < 1.29 is 37.0 Å². The number of carbonyl (C=O) groups excluding carboxylic acids is 2. The summed E-state index contributed by atoms with van der Waals surface area (Å²) in [6, 6.07) is 0. The lowest BCUT2D eigenvalue weighted by Crippen LogP contribution is -2.34. The molecular formula is C12H23ClN2O8S. The van der Waals surface area contributed by atoms with Crippen molar-refractivity contribution in [1.29, 1.82) is 0 Å². The van der Waals surface area contributed by atoms with Crippen LogP contribution in [0.1, 0.15) is 20.8 Å². The maximum Gasteiger partial charge on any atom is 0.421 e. The van der Waals surface area contributed by atoms with Gasteiger partial charge in [0, 0.05) is 17.2 Å². The quantitative estimate of drug-likeness (QED) is 0.413. The first-order valence-corrected chi connectivity index (χ1v) is 9.32. The van der Waals surface area contributed by atoms with E-state index in [9.17, 15) is 18.0 Å². The zero-order valence-electron chi connectivity index (χ0n) is 13.8. The molecule has 0 aromatic rings. The lowest BCUT2D eigenvalue weighted by Gasteiger charge is -2.19. The van der Waals surface area contributed by atoms with Gasteiger partial charge in [-0.25, -0.2) is 14.3 Å². The van der Waals surface area contributed by atoms with Gasteiger partial charge in [-0.2, -0.15) is 8.42 Å². The van der Waals surface area contributed by atoms with E-state index in [1.165, 1.54) is 4.72 Å². The number of hydrogen-bond donors (Lipinski definition) is 2. The van der Waals surface area contributed by atoms with Crippen LogP contribution in [0.25, 0.3) is 0 Å². The minimum Gasteiger partial charge on any atom is -0.446 e. The van der Waals surface area contributed by atoms with Crippen molar-refractivity contribution in [3.63, 3.8) is 0 Å². The van der Waals surface area contributed by atoms with E-state index < -0.39 is 27.0 Å². The summed E-state index contributed by atoms with van der Waals surface area (Å²) in [5.41, 5.74) is -0.550. The number of rotatable bonds is 10. The molecule has 2 amide bonds. The topological polar surface area (TPSA) is 129 Å². The molecule has 0 heterocycles. The lowest BCUT2D eigenvalue weighted by molar-refractivity contribution is 0.0267. The summed E-state index contributed by atoms with van der Waals surface area (Å²) in [5, 5.41) is 2.53. The number of ether oxygens (including phenoxy) is 4. The van der Waals surface area contributed by atoms with Crippen molar-refractivity contribution in [3.8, 4) is 0 Å². The first kappa shape index (κ1) is 22.7. The highest BCUT2D eigenvalue weighted by Crippen LogP contribution is 2.05. The van der Waals surface area contributed by atoms with Gasteiger partial charge in [0.15, 0.2) is 0 Å². The molecule has 24 heavy (non-hydrogen) atoms. The molecule has 0 aliphatic rings. The van der Waals surface area contributed by atoms with Crippen LogP contribution in [0.5, 0.6) is 0 Å². The van der Waals surface area contributed by atoms with Crippen LogP contribution in [0.15, 0.2) is 0 Å². The summed E-state index contributed by atoms with van der Waals surface area (Å²) < 4.78 is 42.2. The van der Waals surface area contributed by atoms with E-state index in [2.05, 4.69) is 10.1 Å². The Morgan fingerprint density at radius 1 is 0.958 bits per heavy atom. The number of hydrogen-bond acceptors (Lipinski definition) is 8. The van der Waals surface area contributed by atoms with Gasteiger partial charge in [0.05, 0.1) is 26.4 Å².